The second-order valence-corrected chi connectivity index (χ2v) is 6.45. The summed E-state index contributed by atoms with van der Waals surface area (Å²) in [6.45, 7) is 8.44. The third-order valence-electron chi connectivity index (χ3n) is 4.51. The van der Waals surface area contributed by atoms with Crippen molar-refractivity contribution in [3.63, 3.8) is 0 Å². The molecule has 1 heterocycles. The number of hydrogen-bond donors (Lipinski definition) is 2. The number of aliphatic imine (C=N–C) groups is 1. The second kappa shape index (κ2) is 12.9. The lowest BCUT2D eigenvalue weighted by molar-refractivity contribution is -0.127. The SMILES string of the molecule is CCNC(=NCCCN1CCCC1=O)NCCc1ccc(CC)cc1.I. The summed E-state index contributed by atoms with van der Waals surface area (Å²) in [6, 6.07) is 8.82. The van der Waals surface area contributed by atoms with Gasteiger partial charge in [0, 0.05) is 39.1 Å². The Bertz CT molecular complexity index is 559. The number of benzene rings is 1. The fourth-order valence-corrected chi connectivity index (χ4v) is 3.00. The maximum atomic E-state index is 11.6. The fraction of sp³-hybridized carbons (Fsp3) is 0.600. The van der Waals surface area contributed by atoms with E-state index >= 15 is 0 Å². The first-order valence-corrected chi connectivity index (χ1v) is 9.60. The Morgan fingerprint density at radius 3 is 2.50 bits per heavy atom. The number of halogens is 1. The molecule has 26 heavy (non-hydrogen) atoms. The molecule has 1 aromatic carbocycles. The van der Waals surface area contributed by atoms with E-state index in [1.54, 1.807) is 0 Å². The summed E-state index contributed by atoms with van der Waals surface area (Å²) >= 11 is 0. The molecule has 2 rings (SSSR count). The van der Waals surface area contributed by atoms with E-state index in [4.69, 9.17) is 0 Å². The molecular weight excluding hydrogens is 439 g/mol. The lowest BCUT2D eigenvalue weighted by Crippen LogP contribution is -2.38. The highest BCUT2D eigenvalue weighted by atomic mass is 127. The molecule has 0 aromatic heterocycles. The van der Waals surface area contributed by atoms with E-state index in [0.29, 0.717) is 12.3 Å². The van der Waals surface area contributed by atoms with Crippen LogP contribution >= 0.6 is 24.0 Å². The van der Waals surface area contributed by atoms with Gasteiger partial charge in [-0.3, -0.25) is 9.79 Å². The minimum Gasteiger partial charge on any atom is -0.357 e. The van der Waals surface area contributed by atoms with Crippen molar-refractivity contribution in [2.45, 2.75) is 46.0 Å². The van der Waals surface area contributed by atoms with Gasteiger partial charge in [0.1, 0.15) is 0 Å². The maximum Gasteiger partial charge on any atom is 0.222 e. The molecule has 0 unspecified atom stereocenters. The lowest BCUT2D eigenvalue weighted by Gasteiger charge is -2.15. The van der Waals surface area contributed by atoms with Crippen molar-refractivity contribution in [1.29, 1.82) is 0 Å². The van der Waals surface area contributed by atoms with Crippen molar-refractivity contribution in [2.24, 2.45) is 4.99 Å². The minimum absolute atomic E-state index is 0. The number of nitrogens with zero attached hydrogens (tertiary/aromatic N) is 2. The summed E-state index contributed by atoms with van der Waals surface area (Å²) in [5, 5.41) is 6.68. The molecule has 0 atom stereocenters. The highest BCUT2D eigenvalue weighted by Crippen LogP contribution is 2.09. The summed E-state index contributed by atoms with van der Waals surface area (Å²) in [6.07, 6.45) is 4.70. The van der Waals surface area contributed by atoms with Gasteiger partial charge in [0.15, 0.2) is 5.96 Å². The summed E-state index contributed by atoms with van der Waals surface area (Å²) in [5.74, 6) is 1.16. The van der Waals surface area contributed by atoms with E-state index in [9.17, 15) is 4.79 Å². The van der Waals surface area contributed by atoms with Gasteiger partial charge in [-0.25, -0.2) is 0 Å². The van der Waals surface area contributed by atoms with Crippen LogP contribution in [0.2, 0.25) is 0 Å². The number of carbonyl (C=O) groups is 1. The first-order valence-electron chi connectivity index (χ1n) is 9.60. The molecule has 0 aliphatic carbocycles. The first-order chi connectivity index (χ1) is 12.2. The molecule has 0 bridgehead atoms. The van der Waals surface area contributed by atoms with E-state index in [1.165, 1.54) is 11.1 Å². The van der Waals surface area contributed by atoms with Crippen molar-refractivity contribution < 1.29 is 4.79 Å². The van der Waals surface area contributed by atoms with Crippen LogP contribution in [0, 0.1) is 0 Å². The normalized spacial score (nSPS) is 14.3. The smallest absolute Gasteiger partial charge is 0.222 e. The van der Waals surface area contributed by atoms with Gasteiger partial charge in [0.05, 0.1) is 0 Å². The Labute approximate surface area is 175 Å². The molecule has 0 spiro atoms. The molecule has 5 nitrogen and oxygen atoms in total. The van der Waals surface area contributed by atoms with Gasteiger partial charge in [-0.15, -0.1) is 24.0 Å². The number of carbonyl (C=O) groups excluding carboxylic acids is 1. The number of aryl methyl sites for hydroxylation is 1. The zero-order valence-corrected chi connectivity index (χ0v) is 18.4. The van der Waals surface area contributed by atoms with Crippen LogP contribution in [0.25, 0.3) is 0 Å². The molecule has 146 valence electrons. The highest BCUT2D eigenvalue weighted by molar-refractivity contribution is 14.0. The Kier molecular flexibility index (Phi) is 11.3. The third-order valence-corrected chi connectivity index (χ3v) is 4.51. The molecule has 2 N–H and O–H groups in total. The zero-order chi connectivity index (χ0) is 17.9. The highest BCUT2D eigenvalue weighted by Gasteiger charge is 2.18. The van der Waals surface area contributed by atoms with Crippen molar-refractivity contribution in [3.8, 4) is 0 Å². The summed E-state index contributed by atoms with van der Waals surface area (Å²) < 4.78 is 0. The van der Waals surface area contributed by atoms with Crippen molar-refractivity contribution in [3.05, 3.63) is 35.4 Å². The maximum absolute atomic E-state index is 11.6. The number of rotatable bonds is 9. The molecule has 1 aliphatic heterocycles. The van der Waals surface area contributed by atoms with Crippen molar-refractivity contribution in [2.75, 3.05) is 32.7 Å². The number of amides is 1. The predicted octanol–water partition coefficient (Wildman–Crippen LogP) is 2.98. The predicted molar refractivity (Wildman–Crippen MR) is 119 cm³/mol. The van der Waals surface area contributed by atoms with E-state index < -0.39 is 0 Å². The van der Waals surface area contributed by atoms with E-state index in [0.717, 1.165) is 64.4 Å². The van der Waals surface area contributed by atoms with Gasteiger partial charge in [-0.1, -0.05) is 31.2 Å². The molecule has 0 radical (unpaired) electrons. The fourth-order valence-electron chi connectivity index (χ4n) is 3.00. The van der Waals surface area contributed by atoms with Crippen LogP contribution in [0.1, 0.15) is 44.2 Å². The van der Waals surface area contributed by atoms with Gasteiger partial charge in [-0.05, 0) is 43.7 Å². The molecule has 1 aliphatic rings. The van der Waals surface area contributed by atoms with E-state index in [2.05, 4.69) is 53.7 Å². The summed E-state index contributed by atoms with van der Waals surface area (Å²) in [7, 11) is 0. The monoisotopic (exact) mass is 472 g/mol. The van der Waals surface area contributed by atoms with Gasteiger partial charge in [0.2, 0.25) is 5.91 Å². The molecular formula is C20H33IN4O. The van der Waals surface area contributed by atoms with E-state index in [-0.39, 0.29) is 24.0 Å². The van der Waals surface area contributed by atoms with Gasteiger partial charge in [-0.2, -0.15) is 0 Å². The number of guanidine groups is 1. The number of nitrogens with one attached hydrogen (secondary N) is 2. The topological polar surface area (TPSA) is 56.7 Å². The summed E-state index contributed by atoms with van der Waals surface area (Å²) in [5.41, 5.74) is 2.72. The third kappa shape index (κ3) is 7.93. The van der Waals surface area contributed by atoms with Crippen molar-refractivity contribution >= 4 is 35.8 Å². The largest absolute Gasteiger partial charge is 0.357 e. The Morgan fingerprint density at radius 1 is 1.15 bits per heavy atom. The number of likely N-dealkylation sites (tertiary alicyclic amines) is 1. The molecule has 1 saturated heterocycles. The first kappa shape index (κ1) is 22.7. The van der Waals surface area contributed by atoms with Crippen LogP contribution in [0.4, 0.5) is 0 Å². The van der Waals surface area contributed by atoms with Crippen LogP contribution in [0.3, 0.4) is 0 Å². The van der Waals surface area contributed by atoms with Crippen LogP contribution in [-0.4, -0.2) is 49.5 Å². The second-order valence-electron chi connectivity index (χ2n) is 6.45. The Hall–Kier alpha value is -1.31. The molecule has 0 saturated carbocycles. The minimum atomic E-state index is 0. The Morgan fingerprint density at radius 2 is 1.88 bits per heavy atom. The van der Waals surface area contributed by atoms with Gasteiger partial charge >= 0.3 is 0 Å². The zero-order valence-electron chi connectivity index (χ0n) is 16.1. The average Bonchev–Trinajstić information content (AvgIpc) is 3.04. The van der Waals surface area contributed by atoms with Crippen LogP contribution in [-0.2, 0) is 17.6 Å². The average molecular weight is 472 g/mol. The van der Waals surface area contributed by atoms with Crippen LogP contribution in [0.5, 0.6) is 0 Å². The quantitative estimate of drug-likeness (QED) is 0.252. The molecule has 1 aromatic rings. The molecule has 1 fully saturated rings. The molecule has 1 amide bonds. The van der Waals surface area contributed by atoms with Gasteiger partial charge < -0.3 is 15.5 Å². The summed E-state index contributed by atoms with van der Waals surface area (Å²) in [4.78, 5) is 18.2. The van der Waals surface area contributed by atoms with Crippen molar-refractivity contribution in [1.82, 2.24) is 15.5 Å². The van der Waals surface area contributed by atoms with Crippen LogP contribution in [0.15, 0.2) is 29.3 Å². The standard InChI is InChI=1S/C20H32N4O.HI/c1-3-17-8-10-18(11-9-17)12-14-23-20(21-4-2)22-13-6-16-24-15-5-7-19(24)25;/h8-11H,3-7,12-16H2,1-2H3,(H2,21,22,23);1H. The number of hydrogen-bond acceptors (Lipinski definition) is 2. The van der Waals surface area contributed by atoms with Crippen LogP contribution < -0.4 is 10.6 Å². The van der Waals surface area contributed by atoms with Gasteiger partial charge in [0.25, 0.3) is 0 Å². The molecule has 6 heteroatoms. The Balaban J connectivity index is 0.00000338. The lowest BCUT2D eigenvalue weighted by atomic mass is 10.1. The van der Waals surface area contributed by atoms with E-state index in [1.807, 2.05) is 4.90 Å².